The molecule has 0 saturated carbocycles. The van der Waals surface area contributed by atoms with Crippen molar-refractivity contribution in [3.8, 4) is 0 Å². The van der Waals surface area contributed by atoms with E-state index in [9.17, 15) is 0 Å². The number of thiocarbonyl (C=S) groups is 1. The Labute approximate surface area is 115 Å². The maximum absolute atomic E-state index is 5.91. The van der Waals surface area contributed by atoms with Crippen LogP contribution in [-0.2, 0) is 6.54 Å². The highest BCUT2D eigenvalue weighted by molar-refractivity contribution is 7.80. The molecule has 0 unspecified atom stereocenters. The molecule has 1 aromatic carbocycles. The molecule has 0 bridgehead atoms. The summed E-state index contributed by atoms with van der Waals surface area (Å²) in [6.45, 7) is 0.578. The van der Waals surface area contributed by atoms with Crippen LogP contribution in [0.4, 0.5) is 5.82 Å². The van der Waals surface area contributed by atoms with Crippen LogP contribution in [-0.4, -0.2) is 15.2 Å². The second kappa shape index (κ2) is 5.75. The summed E-state index contributed by atoms with van der Waals surface area (Å²) in [6, 6.07) is 9.30. The summed E-state index contributed by atoms with van der Waals surface area (Å²) in [5, 5.41) is 11.6. The highest BCUT2D eigenvalue weighted by atomic mass is 35.5. The number of halogens is 1. The number of benzene rings is 1. The normalized spacial score (nSPS) is 10.1. The van der Waals surface area contributed by atoms with Gasteiger partial charge in [0.25, 0.3) is 0 Å². The van der Waals surface area contributed by atoms with Crippen LogP contribution < -0.4 is 11.1 Å². The molecule has 0 saturated heterocycles. The van der Waals surface area contributed by atoms with Crippen LogP contribution in [0.5, 0.6) is 0 Å². The highest BCUT2D eigenvalue weighted by Gasteiger charge is 2.06. The van der Waals surface area contributed by atoms with Crippen molar-refractivity contribution in [2.45, 2.75) is 6.54 Å². The summed E-state index contributed by atoms with van der Waals surface area (Å²) >= 11 is 10.9. The Bertz CT molecular complexity index is 574. The number of nitrogens with two attached hydrogens (primary N) is 1. The van der Waals surface area contributed by atoms with Gasteiger partial charge in [0, 0.05) is 11.6 Å². The van der Waals surface area contributed by atoms with Crippen molar-refractivity contribution in [2.24, 2.45) is 5.73 Å². The number of rotatable bonds is 4. The van der Waals surface area contributed by atoms with Gasteiger partial charge in [0.2, 0.25) is 0 Å². The van der Waals surface area contributed by atoms with Crippen molar-refractivity contribution >= 4 is 34.6 Å². The van der Waals surface area contributed by atoms with Gasteiger partial charge in [-0.05, 0) is 23.8 Å². The van der Waals surface area contributed by atoms with Crippen LogP contribution >= 0.6 is 23.8 Å². The van der Waals surface area contributed by atoms with Crippen molar-refractivity contribution in [2.75, 3.05) is 5.32 Å². The van der Waals surface area contributed by atoms with Crippen LogP contribution in [0.25, 0.3) is 0 Å². The first kappa shape index (κ1) is 12.7. The quantitative estimate of drug-likeness (QED) is 0.841. The topological polar surface area (TPSA) is 63.8 Å². The van der Waals surface area contributed by atoms with Crippen LogP contribution in [0.15, 0.2) is 36.5 Å². The number of hydrogen-bond acceptors (Lipinski definition) is 4. The molecule has 1 aromatic heterocycles. The van der Waals surface area contributed by atoms with E-state index >= 15 is 0 Å². The molecule has 4 nitrogen and oxygen atoms in total. The molecule has 0 amide bonds. The number of anilines is 1. The van der Waals surface area contributed by atoms with Gasteiger partial charge in [0.05, 0.1) is 11.8 Å². The number of aromatic nitrogens is 2. The van der Waals surface area contributed by atoms with Crippen LogP contribution in [0.1, 0.15) is 11.1 Å². The summed E-state index contributed by atoms with van der Waals surface area (Å²) in [4.78, 5) is 0.290. The average Bonchev–Trinajstić information content (AvgIpc) is 2.37. The van der Waals surface area contributed by atoms with Crippen molar-refractivity contribution in [3.05, 3.63) is 52.7 Å². The molecule has 3 N–H and O–H groups in total. The Balaban J connectivity index is 2.13. The van der Waals surface area contributed by atoms with Gasteiger partial charge >= 0.3 is 0 Å². The van der Waals surface area contributed by atoms with Gasteiger partial charge < -0.3 is 11.1 Å². The van der Waals surface area contributed by atoms with E-state index in [-0.39, 0.29) is 0 Å². The number of hydrogen-bond donors (Lipinski definition) is 2. The van der Waals surface area contributed by atoms with E-state index in [4.69, 9.17) is 29.6 Å². The molecule has 0 fully saturated rings. The lowest BCUT2D eigenvalue weighted by Crippen LogP contribution is -2.14. The molecule has 0 aliphatic rings. The maximum atomic E-state index is 5.91. The number of nitrogens with one attached hydrogen (secondary N) is 1. The predicted molar refractivity (Wildman–Crippen MR) is 76.7 cm³/mol. The Morgan fingerprint density at radius 1 is 1.39 bits per heavy atom. The zero-order chi connectivity index (χ0) is 13.0. The van der Waals surface area contributed by atoms with Gasteiger partial charge in [-0.2, -0.15) is 5.10 Å². The number of nitrogens with zero attached hydrogens (tertiary/aromatic N) is 2. The zero-order valence-corrected chi connectivity index (χ0v) is 11.0. The zero-order valence-electron chi connectivity index (χ0n) is 9.43. The van der Waals surface area contributed by atoms with Gasteiger partial charge in [0.15, 0.2) is 5.82 Å². The summed E-state index contributed by atoms with van der Waals surface area (Å²) < 4.78 is 0. The monoisotopic (exact) mass is 278 g/mol. The Morgan fingerprint density at radius 2 is 2.22 bits per heavy atom. The molecule has 2 rings (SSSR count). The second-order valence-electron chi connectivity index (χ2n) is 3.64. The Kier molecular flexibility index (Phi) is 4.07. The smallest absolute Gasteiger partial charge is 0.159 e. The van der Waals surface area contributed by atoms with Crippen LogP contribution in [0.3, 0.4) is 0 Å². The predicted octanol–water partition coefficient (Wildman–Crippen LogP) is 2.38. The molecule has 6 heteroatoms. The summed E-state index contributed by atoms with van der Waals surface area (Å²) in [5.41, 5.74) is 7.34. The third-order valence-electron chi connectivity index (χ3n) is 2.34. The van der Waals surface area contributed by atoms with E-state index in [0.717, 1.165) is 5.56 Å². The summed E-state index contributed by atoms with van der Waals surface area (Å²) in [7, 11) is 0. The van der Waals surface area contributed by atoms with E-state index in [1.54, 1.807) is 12.3 Å². The van der Waals surface area contributed by atoms with Crippen molar-refractivity contribution in [1.29, 1.82) is 0 Å². The lowest BCUT2D eigenvalue weighted by Gasteiger charge is -2.09. The SMILES string of the molecule is NC(=S)c1ccnnc1NCc1cccc(Cl)c1. The maximum Gasteiger partial charge on any atom is 0.159 e. The summed E-state index contributed by atoms with van der Waals surface area (Å²) in [6.07, 6.45) is 1.55. The van der Waals surface area contributed by atoms with Crippen LogP contribution in [0.2, 0.25) is 5.02 Å². The molecule has 0 spiro atoms. The van der Waals surface area contributed by atoms with Gasteiger partial charge in [0.1, 0.15) is 4.99 Å². The molecule has 2 aromatic rings. The minimum Gasteiger partial charge on any atom is -0.389 e. The van der Waals surface area contributed by atoms with Crippen molar-refractivity contribution in [3.63, 3.8) is 0 Å². The Morgan fingerprint density at radius 3 is 2.94 bits per heavy atom. The van der Waals surface area contributed by atoms with Gasteiger partial charge in [-0.15, -0.1) is 5.10 Å². The van der Waals surface area contributed by atoms with E-state index in [2.05, 4.69) is 15.5 Å². The highest BCUT2D eigenvalue weighted by Crippen LogP contribution is 2.14. The first-order valence-corrected chi connectivity index (χ1v) is 6.05. The average molecular weight is 279 g/mol. The van der Waals surface area contributed by atoms with Crippen molar-refractivity contribution in [1.82, 2.24) is 10.2 Å². The first-order valence-electron chi connectivity index (χ1n) is 5.26. The molecular formula is C12H11ClN4S. The fraction of sp³-hybridized carbons (Fsp3) is 0.0833. The molecule has 18 heavy (non-hydrogen) atoms. The van der Waals surface area contributed by atoms with E-state index < -0.39 is 0 Å². The van der Waals surface area contributed by atoms with E-state index in [0.29, 0.717) is 27.9 Å². The molecule has 0 atom stereocenters. The molecule has 0 aliphatic carbocycles. The standard InChI is InChI=1S/C12H11ClN4S/c13-9-3-1-2-8(6-9)7-15-12-10(11(14)18)4-5-16-17-12/h1-6H,7H2,(H2,14,18)(H,15,17). The molecule has 92 valence electrons. The van der Waals surface area contributed by atoms with Crippen molar-refractivity contribution < 1.29 is 0 Å². The minimum absolute atomic E-state index is 0.290. The van der Waals surface area contributed by atoms with Crippen LogP contribution in [0, 0.1) is 0 Å². The molecular weight excluding hydrogens is 268 g/mol. The summed E-state index contributed by atoms with van der Waals surface area (Å²) in [5.74, 6) is 0.574. The van der Waals surface area contributed by atoms with E-state index in [1.165, 1.54) is 0 Å². The largest absolute Gasteiger partial charge is 0.389 e. The Hall–Kier alpha value is -1.72. The minimum atomic E-state index is 0.290. The second-order valence-corrected chi connectivity index (χ2v) is 4.52. The lowest BCUT2D eigenvalue weighted by atomic mass is 10.2. The molecule has 0 aliphatic heterocycles. The van der Waals surface area contributed by atoms with E-state index in [1.807, 2.05) is 24.3 Å². The van der Waals surface area contributed by atoms with Gasteiger partial charge in [-0.25, -0.2) is 0 Å². The third kappa shape index (κ3) is 3.15. The first-order chi connectivity index (χ1) is 8.66. The lowest BCUT2D eigenvalue weighted by molar-refractivity contribution is 0.996. The van der Waals surface area contributed by atoms with Gasteiger partial charge in [-0.1, -0.05) is 36.0 Å². The molecule has 0 radical (unpaired) electrons. The van der Waals surface area contributed by atoms with Gasteiger partial charge in [-0.3, -0.25) is 0 Å². The fourth-order valence-electron chi connectivity index (χ4n) is 1.49. The third-order valence-corrected chi connectivity index (χ3v) is 2.79. The fourth-order valence-corrected chi connectivity index (χ4v) is 1.87. The molecule has 1 heterocycles.